The number of nitrogens with one attached hydrogen (secondary N) is 1. The van der Waals surface area contributed by atoms with Crippen molar-refractivity contribution in [2.45, 2.75) is 24.5 Å². The van der Waals surface area contributed by atoms with Crippen LogP contribution in [0.25, 0.3) is 11.1 Å². The molecular weight excluding hydrogens is 454 g/mol. The van der Waals surface area contributed by atoms with Crippen molar-refractivity contribution in [2.24, 2.45) is 0 Å². The monoisotopic (exact) mass is 477 g/mol. The Balaban J connectivity index is 1.23. The molecule has 35 heavy (non-hydrogen) atoms. The van der Waals surface area contributed by atoms with Gasteiger partial charge in [-0.05, 0) is 22.3 Å². The lowest BCUT2D eigenvalue weighted by Gasteiger charge is -2.19. The normalized spacial score (nSPS) is 18.7. The number of carboxylic acid groups (broad SMARTS) is 1. The second kappa shape index (κ2) is 9.22. The molecular formula is C25H23N3O7. The number of aromatic nitrogens is 1. The first-order chi connectivity index (χ1) is 17.0. The number of hydrogen-bond donors (Lipinski definition) is 2. The highest BCUT2D eigenvalue weighted by atomic mass is 16.6. The SMILES string of the molecule is COC1CC(C(=O)O)N(C(=O)c2cc(NC(=O)OCC3c4ccccc4-c4ccccc43)on2)C1. The van der Waals surface area contributed by atoms with E-state index < -0.39 is 24.0 Å². The summed E-state index contributed by atoms with van der Waals surface area (Å²) in [4.78, 5) is 37.9. The number of carbonyl (C=O) groups excluding carboxylic acids is 2. The summed E-state index contributed by atoms with van der Waals surface area (Å²) < 4.78 is 15.7. The number of anilines is 1. The minimum atomic E-state index is -1.13. The Morgan fingerprint density at radius 3 is 2.40 bits per heavy atom. The predicted octanol–water partition coefficient (Wildman–Crippen LogP) is 3.35. The van der Waals surface area contributed by atoms with Crippen molar-refractivity contribution in [2.75, 3.05) is 25.6 Å². The van der Waals surface area contributed by atoms with E-state index >= 15 is 0 Å². The largest absolute Gasteiger partial charge is 0.480 e. The number of methoxy groups -OCH3 is 1. The van der Waals surface area contributed by atoms with Crippen LogP contribution in [0.3, 0.4) is 0 Å². The molecule has 1 aromatic heterocycles. The molecule has 0 saturated carbocycles. The maximum absolute atomic E-state index is 12.8. The van der Waals surface area contributed by atoms with E-state index in [0.717, 1.165) is 22.3 Å². The van der Waals surface area contributed by atoms with Crippen molar-refractivity contribution in [3.05, 3.63) is 71.4 Å². The molecule has 0 radical (unpaired) electrons. The summed E-state index contributed by atoms with van der Waals surface area (Å²) >= 11 is 0. The average Bonchev–Trinajstić information content (AvgIpc) is 3.58. The summed E-state index contributed by atoms with van der Waals surface area (Å²) in [7, 11) is 1.46. The first-order valence-corrected chi connectivity index (χ1v) is 11.1. The lowest BCUT2D eigenvalue weighted by molar-refractivity contribution is -0.141. The van der Waals surface area contributed by atoms with E-state index in [1.165, 1.54) is 18.1 Å². The number of amides is 2. The highest BCUT2D eigenvalue weighted by molar-refractivity contribution is 5.96. The molecule has 0 spiro atoms. The highest BCUT2D eigenvalue weighted by Crippen LogP contribution is 2.44. The molecule has 2 aliphatic rings. The van der Waals surface area contributed by atoms with E-state index in [2.05, 4.69) is 10.5 Å². The van der Waals surface area contributed by atoms with Crippen molar-refractivity contribution in [3.8, 4) is 11.1 Å². The van der Waals surface area contributed by atoms with Crippen LogP contribution in [-0.4, -0.2) is 65.5 Å². The fraction of sp³-hybridized carbons (Fsp3) is 0.280. The molecule has 1 fully saturated rings. The van der Waals surface area contributed by atoms with Gasteiger partial charge in [0.25, 0.3) is 5.91 Å². The van der Waals surface area contributed by atoms with Crippen LogP contribution in [-0.2, 0) is 14.3 Å². The Labute approximate surface area is 200 Å². The van der Waals surface area contributed by atoms with E-state index in [4.69, 9.17) is 14.0 Å². The number of nitrogens with zero attached hydrogens (tertiary/aromatic N) is 2. The third-order valence-corrected chi connectivity index (χ3v) is 6.44. The van der Waals surface area contributed by atoms with Crippen LogP contribution in [0, 0.1) is 0 Å². The topological polar surface area (TPSA) is 131 Å². The predicted molar refractivity (Wildman–Crippen MR) is 123 cm³/mol. The van der Waals surface area contributed by atoms with Crippen LogP contribution >= 0.6 is 0 Å². The van der Waals surface area contributed by atoms with Crippen LogP contribution in [0.15, 0.2) is 59.1 Å². The molecule has 5 rings (SSSR count). The van der Waals surface area contributed by atoms with Crippen molar-refractivity contribution >= 4 is 23.9 Å². The Kier molecular flexibility index (Phi) is 5.96. The lowest BCUT2D eigenvalue weighted by Crippen LogP contribution is -2.40. The van der Waals surface area contributed by atoms with Gasteiger partial charge < -0.3 is 24.0 Å². The van der Waals surface area contributed by atoms with Crippen LogP contribution in [0.1, 0.15) is 34.0 Å². The lowest BCUT2D eigenvalue weighted by atomic mass is 9.98. The number of carbonyl (C=O) groups is 3. The first kappa shape index (κ1) is 22.6. The molecule has 2 N–H and O–H groups in total. The minimum absolute atomic E-state index is 0.0834. The highest BCUT2D eigenvalue weighted by Gasteiger charge is 2.41. The van der Waals surface area contributed by atoms with E-state index in [-0.39, 0.29) is 43.2 Å². The molecule has 2 amide bonds. The average molecular weight is 477 g/mol. The van der Waals surface area contributed by atoms with Gasteiger partial charge in [-0.15, -0.1) is 0 Å². The van der Waals surface area contributed by atoms with Gasteiger partial charge in [0.2, 0.25) is 5.88 Å². The maximum Gasteiger partial charge on any atom is 0.414 e. The fourth-order valence-corrected chi connectivity index (χ4v) is 4.74. The quantitative estimate of drug-likeness (QED) is 0.553. The van der Waals surface area contributed by atoms with E-state index in [0.29, 0.717) is 0 Å². The Bertz CT molecular complexity index is 1240. The van der Waals surface area contributed by atoms with Crippen molar-refractivity contribution in [1.82, 2.24) is 10.1 Å². The third kappa shape index (κ3) is 4.24. The van der Waals surface area contributed by atoms with Crippen LogP contribution in [0.5, 0.6) is 0 Å². The summed E-state index contributed by atoms with van der Waals surface area (Å²) in [6.07, 6.45) is -0.961. The van der Waals surface area contributed by atoms with E-state index in [9.17, 15) is 19.5 Å². The van der Waals surface area contributed by atoms with Gasteiger partial charge in [-0.25, -0.2) is 9.59 Å². The van der Waals surface area contributed by atoms with Gasteiger partial charge in [0.1, 0.15) is 12.6 Å². The maximum atomic E-state index is 12.8. The number of fused-ring (bicyclic) bond motifs is 3. The standard InChI is InChI=1S/C25H23N3O7/c1-33-14-10-21(24(30)31)28(12-14)23(29)20-11-22(35-27-20)26-25(32)34-13-19-17-8-4-2-6-15(17)16-7-3-5-9-18(16)19/h2-9,11,14,19,21H,10,12-13H2,1H3,(H,26,32)(H,30,31). The van der Waals surface area contributed by atoms with Gasteiger partial charge in [-0.2, -0.15) is 0 Å². The van der Waals surface area contributed by atoms with Gasteiger partial charge in [0, 0.05) is 32.1 Å². The molecule has 2 unspecified atom stereocenters. The van der Waals surface area contributed by atoms with Crippen LogP contribution < -0.4 is 5.32 Å². The number of aliphatic carboxylic acids is 1. The number of carboxylic acids is 1. The van der Waals surface area contributed by atoms with E-state index in [1.807, 2.05) is 48.5 Å². The molecule has 0 bridgehead atoms. The van der Waals surface area contributed by atoms with Crippen LogP contribution in [0.2, 0.25) is 0 Å². The molecule has 2 atom stereocenters. The van der Waals surface area contributed by atoms with Gasteiger partial charge in [0.15, 0.2) is 5.69 Å². The summed E-state index contributed by atoms with van der Waals surface area (Å²) in [5.74, 6) is -1.93. The molecule has 180 valence electrons. The van der Waals surface area contributed by atoms with Crippen molar-refractivity contribution < 1.29 is 33.5 Å². The van der Waals surface area contributed by atoms with Gasteiger partial charge in [0.05, 0.1) is 6.10 Å². The number of likely N-dealkylation sites (tertiary alicyclic amines) is 1. The number of rotatable bonds is 6. The van der Waals surface area contributed by atoms with Gasteiger partial charge in [-0.1, -0.05) is 53.7 Å². The summed E-state index contributed by atoms with van der Waals surface area (Å²) in [5, 5.41) is 15.5. The molecule has 3 aromatic rings. The zero-order valence-electron chi connectivity index (χ0n) is 18.8. The van der Waals surface area contributed by atoms with Crippen molar-refractivity contribution in [1.29, 1.82) is 0 Å². The Morgan fingerprint density at radius 2 is 1.77 bits per heavy atom. The molecule has 1 aliphatic carbocycles. The third-order valence-electron chi connectivity index (χ3n) is 6.44. The zero-order chi connectivity index (χ0) is 24.5. The minimum Gasteiger partial charge on any atom is -0.480 e. The first-order valence-electron chi connectivity index (χ1n) is 11.1. The van der Waals surface area contributed by atoms with Crippen LogP contribution in [0.4, 0.5) is 10.7 Å². The molecule has 1 aliphatic heterocycles. The number of benzene rings is 2. The molecule has 10 nitrogen and oxygen atoms in total. The molecule has 10 heteroatoms. The smallest absolute Gasteiger partial charge is 0.414 e. The summed E-state index contributed by atoms with van der Waals surface area (Å²) in [6, 6.07) is 16.2. The zero-order valence-corrected chi connectivity index (χ0v) is 18.8. The fourth-order valence-electron chi connectivity index (χ4n) is 4.74. The molecule has 2 aromatic carbocycles. The Morgan fingerprint density at radius 1 is 1.11 bits per heavy atom. The second-order valence-electron chi connectivity index (χ2n) is 8.43. The molecule has 1 saturated heterocycles. The van der Waals surface area contributed by atoms with Gasteiger partial charge >= 0.3 is 12.1 Å². The number of ether oxygens (including phenoxy) is 2. The van der Waals surface area contributed by atoms with E-state index in [1.54, 1.807) is 0 Å². The summed E-state index contributed by atoms with van der Waals surface area (Å²) in [5.41, 5.74) is 4.28. The second-order valence-corrected chi connectivity index (χ2v) is 8.43. The Hall–Kier alpha value is -4.18. The molecule has 2 heterocycles. The number of hydrogen-bond acceptors (Lipinski definition) is 7. The van der Waals surface area contributed by atoms with Crippen molar-refractivity contribution in [3.63, 3.8) is 0 Å². The van der Waals surface area contributed by atoms with Gasteiger partial charge in [-0.3, -0.25) is 10.1 Å². The summed E-state index contributed by atoms with van der Waals surface area (Å²) in [6.45, 7) is 0.237.